The molecule has 18 heavy (non-hydrogen) atoms. The van der Waals surface area contributed by atoms with Crippen LogP contribution in [-0.2, 0) is 6.54 Å². The number of amides is 2. The molecule has 0 spiro atoms. The van der Waals surface area contributed by atoms with Crippen molar-refractivity contribution in [3.8, 4) is 0 Å². The maximum atomic E-state index is 11.7. The molecule has 0 bridgehead atoms. The van der Waals surface area contributed by atoms with Crippen molar-refractivity contribution in [2.24, 2.45) is 0 Å². The van der Waals surface area contributed by atoms with Crippen LogP contribution in [0.5, 0.6) is 0 Å². The quantitative estimate of drug-likeness (QED) is 0.870. The van der Waals surface area contributed by atoms with Gasteiger partial charge in [0.05, 0.1) is 17.2 Å². The molecule has 0 saturated carbocycles. The minimum Gasteiger partial charge on any atom is -0.335 e. The Morgan fingerprint density at radius 1 is 1.56 bits per heavy atom. The third kappa shape index (κ3) is 3.96. The van der Waals surface area contributed by atoms with E-state index in [1.165, 1.54) is 0 Å². The summed E-state index contributed by atoms with van der Waals surface area (Å²) in [5, 5.41) is 8.87. The van der Waals surface area contributed by atoms with Crippen molar-refractivity contribution in [3.63, 3.8) is 0 Å². The van der Waals surface area contributed by atoms with Gasteiger partial charge in [-0.3, -0.25) is 0 Å². The van der Waals surface area contributed by atoms with Gasteiger partial charge >= 0.3 is 6.03 Å². The molecule has 0 atom stereocenters. The summed E-state index contributed by atoms with van der Waals surface area (Å²) in [5.41, 5.74) is 0.927. The number of urea groups is 1. The van der Waals surface area contributed by atoms with Crippen LogP contribution in [0.3, 0.4) is 0 Å². The number of aryl methyl sites for hydroxylation is 1. The third-order valence-electron chi connectivity index (χ3n) is 3.15. The number of aromatic nitrogens is 1. The summed E-state index contributed by atoms with van der Waals surface area (Å²) in [6.45, 7) is 4.57. The third-order valence-corrected chi connectivity index (χ3v) is 3.97. The van der Waals surface area contributed by atoms with Crippen LogP contribution in [0, 0.1) is 6.92 Å². The molecule has 1 aromatic heterocycles. The molecule has 0 aromatic carbocycles. The Morgan fingerprint density at radius 2 is 2.28 bits per heavy atom. The smallest absolute Gasteiger partial charge is 0.315 e. The van der Waals surface area contributed by atoms with E-state index in [4.69, 9.17) is 0 Å². The predicted octanol–water partition coefficient (Wildman–Crippen LogP) is 1.34. The first-order valence-electron chi connectivity index (χ1n) is 6.27. The Morgan fingerprint density at radius 3 is 2.89 bits per heavy atom. The molecule has 0 radical (unpaired) electrons. The number of hydrogen-bond donors (Lipinski definition) is 2. The molecule has 2 amide bonds. The van der Waals surface area contributed by atoms with E-state index in [0.717, 1.165) is 36.6 Å². The average Bonchev–Trinajstić information content (AvgIpc) is 2.76. The molecule has 2 N–H and O–H groups in total. The minimum absolute atomic E-state index is 0.0878. The second kappa shape index (κ2) is 6.15. The first kappa shape index (κ1) is 13.3. The zero-order valence-electron chi connectivity index (χ0n) is 10.9. The monoisotopic (exact) mass is 268 g/mol. The fraction of sp³-hybridized carbons (Fsp3) is 0.667. The summed E-state index contributed by atoms with van der Waals surface area (Å²) >= 11 is 1.60. The Labute approximate surface area is 112 Å². The highest BCUT2D eigenvalue weighted by Crippen LogP contribution is 2.09. The van der Waals surface area contributed by atoms with Crippen LogP contribution >= 0.6 is 11.3 Å². The maximum absolute atomic E-state index is 11.7. The normalized spacial score (nSPS) is 17.7. The van der Waals surface area contributed by atoms with Crippen LogP contribution in [0.15, 0.2) is 5.38 Å². The average molecular weight is 268 g/mol. The number of carbonyl (C=O) groups is 1. The van der Waals surface area contributed by atoms with Crippen molar-refractivity contribution in [2.75, 3.05) is 20.1 Å². The number of likely N-dealkylation sites (tertiary alicyclic amines) is 1. The molecule has 1 fully saturated rings. The maximum Gasteiger partial charge on any atom is 0.315 e. The van der Waals surface area contributed by atoms with Crippen molar-refractivity contribution in [1.82, 2.24) is 20.5 Å². The molecule has 2 heterocycles. The summed E-state index contributed by atoms with van der Waals surface area (Å²) in [6, 6.07) is 0.216. The lowest BCUT2D eigenvalue weighted by atomic mass is 10.1. The highest BCUT2D eigenvalue weighted by molar-refractivity contribution is 7.09. The second-order valence-electron chi connectivity index (χ2n) is 4.76. The lowest BCUT2D eigenvalue weighted by Crippen LogP contribution is -2.46. The largest absolute Gasteiger partial charge is 0.335 e. The molecule has 1 aromatic rings. The lowest BCUT2D eigenvalue weighted by Gasteiger charge is -2.29. The molecular formula is C12H20N4OS. The molecule has 1 aliphatic rings. The van der Waals surface area contributed by atoms with Crippen molar-refractivity contribution in [1.29, 1.82) is 0 Å². The Balaban J connectivity index is 1.69. The van der Waals surface area contributed by atoms with E-state index in [-0.39, 0.29) is 6.03 Å². The van der Waals surface area contributed by atoms with Crippen LogP contribution in [-0.4, -0.2) is 42.1 Å². The lowest BCUT2D eigenvalue weighted by molar-refractivity contribution is 0.213. The van der Waals surface area contributed by atoms with Gasteiger partial charge in [-0.15, -0.1) is 11.3 Å². The summed E-state index contributed by atoms with van der Waals surface area (Å²) in [7, 11) is 2.11. The number of nitrogens with zero attached hydrogens (tertiary/aromatic N) is 2. The fourth-order valence-corrected chi connectivity index (χ4v) is 2.66. The molecule has 6 heteroatoms. The SMILES string of the molecule is Cc1nc(CNC(=O)NC2CCN(C)CC2)cs1. The summed E-state index contributed by atoms with van der Waals surface area (Å²) < 4.78 is 0. The molecule has 5 nitrogen and oxygen atoms in total. The molecule has 1 aliphatic heterocycles. The van der Waals surface area contributed by atoms with Gasteiger partial charge < -0.3 is 15.5 Å². The van der Waals surface area contributed by atoms with E-state index >= 15 is 0 Å². The van der Waals surface area contributed by atoms with Crippen molar-refractivity contribution in [3.05, 3.63) is 16.1 Å². The highest BCUT2D eigenvalue weighted by Gasteiger charge is 2.18. The van der Waals surface area contributed by atoms with Crippen LogP contribution in [0.4, 0.5) is 4.79 Å². The summed E-state index contributed by atoms with van der Waals surface area (Å²) in [6.07, 6.45) is 2.06. The summed E-state index contributed by atoms with van der Waals surface area (Å²) in [4.78, 5) is 18.3. The van der Waals surface area contributed by atoms with Gasteiger partial charge in [-0.2, -0.15) is 0 Å². The van der Waals surface area contributed by atoms with Gasteiger partial charge in [-0.05, 0) is 39.9 Å². The van der Waals surface area contributed by atoms with E-state index in [1.54, 1.807) is 11.3 Å². The van der Waals surface area contributed by atoms with Gasteiger partial charge in [0, 0.05) is 11.4 Å². The topological polar surface area (TPSA) is 57.3 Å². The minimum atomic E-state index is -0.0878. The number of rotatable bonds is 3. The zero-order valence-corrected chi connectivity index (χ0v) is 11.7. The molecule has 100 valence electrons. The molecule has 0 unspecified atom stereocenters. The summed E-state index contributed by atoms with van der Waals surface area (Å²) in [5.74, 6) is 0. The standard InChI is InChI=1S/C12H20N4OS/c1-9-14-11(8-18-9)7-13-12(17)15-10-3-5-16(2)6-4-10/h8,10H,3-7H2,1-2H3,(H2,13,15,17). The first-order valence-corrected chi connectivity index (χ1v) is 7.15. The van der Waals surface area contributed by atoms with Gasteiger partial charge in [0.25, 0.3) is 0 Å². The highest BCUT2D eigenvalue weighted by atomic mass is 32.1. The molecule has 1 saturated heterocycles. The Hall–Kier alpha value is -1.14. The van der Waals surface area contributed by atoms with Crippen LogP contribution in [0.2, 0.25) is 0 Å². The van der Waals surface area contributed by atoms with Gasteiger partial charge in [-0.25, -0.2) is 9.78 Å². The molecular weight excluding hydrogens is 248 g/mol. The molecule has 0 aliphatic carbocycles. The van der Waals surface area contributed by atoms with E-state index in [9.17, 15) is 4.79 Å². The zero-order chi connectivity index (χ0) is 13.0. The number of nitrogens with one attached hydrogen (secondary N) is 2. The van der Waals surface area contributed by atoms with Gasteiger partial charge in [0.1, 0.15) is 0 Å². The van der Waals surface area contributed by atoms with E-state index < -0.39 is 0 Å². The van der Waals surface area contributed by atoms with Crippen molar-refractivity contribution < 1.29 is 4.79 Å². The van der Waals surface area contributed by atoms with Crippen molar-refractivity contribution >= 4 is 17.4 Å². The second-order valence-corrected chi connectivity index (χ2v) is 5.82. The van der Waals surface area contributed by atoms with Gasteiger partial charge in [0.15, 0.2) is 0 Å². The van der Waals surface area contributed by atoms with E-state index in [1.807, 2.05) is 12.3 Å². The van der Waals surface area contributed by atoms with Gasteiger partial charge in [-0.1, -0.05) is 0 Å². The Kier molecular flexibility index (Phi) is 4.54. The number of piperidine rings is 1. The first-order chi connectivity index (χ1) is 8.63. The van der Waals surface area contributed by atoms with Crippen molar-refractivity contribution in [2.45, 2.75) is 32.4 Å². The van der Waals surface area contributed by atoms with E-state index in [0.29, 0.717) is 12.6 Å². The number of hydrogen-bond acceptors (Lipinski definition) is 4. The van der Waals surface area contributed by atoms with Crippen LogP contribution < -0.4 is 10.6 Å². The fourth-order valence-electron chi connectivity index (χ4n) is 2.05. The van der Waals surface area contributed by atoms with E-state index in [2.05, 4.69) is 27.6 Å². The molecule has 2 rings (SSSR count). The predicted molar refractivity (Wildman–Crippen MR) is 72.7 cm³/mol. The Bertz CT molecular complexity index is 399. The van der Waals surface area contributed by atoms with Crippen LogP contribution in [0.25, 0.3) is 0 Å². The number of thiazole rings is 1. The van der Waals surface area contributed by atoms with Gasteiger partial charge in [0.2, 0.25) is 0 Å². The number of carbonyl (C=O) groups excluding carboxylic acids is 1. The van der Waals surface area contributed by atoms with Crippen LogP contribution in [0.1, 0.15) is 23.5 Å².